The Morgan fingerprint density at radius 2 is 0.442 bits per heavy atom. The fraction of sp³-hybridized carbons (Fsp3) is 0.276. The Kier molecular flexibility index (Phi) is 39.1. The maximum atomic E-state index is 15.9. The average molecular weight is 2000 g/mol. The lowest BCUT2D eigenvalue weighted by atomic mass is 9.95. The van der Waals surface area contributed by atoms with Gasteiger partial charge in [0.05, 0.1) is 68.8 Å². The van der Waals surface area contributed by atoms with Crippen LogP contribution in [0.1, 0.15) is 166 Å². The molecule has 0 unspecified atom stereocenters. The number of esters is 12. The van der Waals surface area contributed by atoms with E-state index in [9.17, 15) is 24.0 Å². The van der Waals surface area contributed by atoms with E-state index in [1.54, 1.807) is 158 Å². The number of ether oxygens (including phenoxy) is 18. The highest BCUT2D eigenvalue weighted by atomic mass is 16.8. The van der Waals surface area contributed by atoms with E-state index in [0.717, 1.165) is 11.1 Å². The number of nitrogens with zero attached hydrogens (tertiary/aromatic N) is 1. The molecule has 12 aromatic carbocycles. The Hall–Kier alpha value is -16.0. The molecule has 3 heterocycles. The van der Waals surface area contributed by atoms with Crippen LogP contribution in [0.2, 0.25) is 0 Å². The highest BCUT2D eigenvalue weighted by Crippen LogP contribution is 2.40. The van der Waals surface area contributed by atoms with Crippen molar-refractivity contribution in [1.82, 2.24) is 4.90 Å². The van der Waals surface area contributed by atoms with Gasteiger partial charge in [0, 0.05) is 19.4 Å². The lowest BCUT2D eigenvalue weighted by Crippen LogP contribution is -2.68. The van der Waals surface area contributed by atoms with Gasteiger partial charge in [-0.25, -0.2) is 47.9 Å². The van der Waals surface area contributed by atoms with E-state index >= 15 is 33.6 Å². The minimum absolute atomic E-state index is 0.0189. The first-order chi connectivity index (χ1) is 71.9. The average Bonchev–Trinajstić information content (AvgIpc) is 0.751. The van der Waals surface area contributed by atoms with Crippen LogP contribution in [-0.4, -0.2) is 215 Å². The third kappa shape index (κ3) is 30.8. The fourth-order valence-electron chi connectivity index (χ4n) is 16.6. The molecule has 15 atom stereocenters. The van der Waals surface area contributed by atoms with Crippen LogP contribution in [0, 0.1) is 0 Å². The van der Waals surface area contributed by atoms with Crippen molar-refractivity contribution in [2.24, 2.45) is 0 Å². The molecule has 0 radical (unpaired) electrons. The Balaban J connectivity index is 0.874. The second-order valence-corrected chi connectivity index (χ2v) is 34.5. The normalized spacial score (nSPS) is 20.3. The Morgan fingerprint density at radius 1 is 0.211 bits per heavy atom. The van der Waals surface area contributed by atoms with Crippen molar-refractivity contribution in [2.75, 3.05) is 46.1 Å². The summed E-state index contributed by atoms with van der Waals surface area (Å²) >= 11 is 0. The first-order valence-electron chi connectivity index (χ1n) is 48.4. The second kappa shape index (κ2) is 54.6. The van der Waals surface area contributed by atoms with E-state index < -0.39 is 172 Å². The zero-order chi connectivity index (χ0) is 102. The van der Waals surface area contributed by atoms with Gasteiger partial charge in [-0.05, 0) is 171 Å². The molecule has 31 nitrogen and oxygen atoms in total. The second-order valence-electron chi connectivity index (χ2n) is 34.5. The maximum Gasteiger partial charge on any atom is 0.338 e. The molecule has 3 saturated heterocycles. The molecule has 0 amide bonds. The summed E-state index contributed by atoms with van der Waals surface area (Å²) in [6, 6.07) is 94.8. The van der Waals surface area contributed by atoms with E-state index in [0.29, 0.717) is 51.6 Å². The monoisotopic (exact) mass is 2000 g/mol. The zero-order valence-electron chi connectivity index (χ0n) is 80.0. The van der Waals surface area contributed by atoms with Crippen molar-refractivity contribution in [3.63, 3.8) is 0 Å². The van der Waals surface area contributed by atoms with Crippen LogP contribution in [0.25, 0.3) is 0 Å². The Labute approximate surface area is 848 Å². The standard InChI is InChI=1S/C116H109NO30/c118-93(131-73-78-43-15-1-16-44-78)67-39-13-41-69-117(70-42-14-40-68-94(119)132-74-79-45-17-2-18-46-79)71-72-130-114-102(145-112(128)88-63-35-11-36-64-88)100(147-116-103(146-113(129)89-65-37-12-38-66-89)99(143-110(126)86-59-31-9-32-60-86)96(140-107(123)83-53-25-6-26-54-83)91(138-116)76-134-105(121)81-49-21-4-22-50-81)97(141-108(124)84-55-27-7-28-56-84)92(136-114)77-135-115-101(144-111(127)87-61-33-10-34-62-87)98(142-109(125)85-57-29-8-30-58-85)95(139-106(122)82-51-23-5-24-52-82)90(137-115)75-133-104(120)80-47-19-3-20-48-80/h1-12,15-38,43-66,90-92,95-103,114-116H,13-14,39-42,67-77H2/t90-,91-,92-,95-,96-,97-,98+,99+,100+,101+,102+,103+,114+,115+,116-/m1/s1. The number of unbranched alkanes of at least 4 members (excludes halogenated alkanes) is 4. The van der Waals surface area contributed by atoms with Gasteiger partial charge in [-0.2, -0.15) is 0 Å². The van der Waals surface area contributed by atoms with E-state index in [1.807, 2.05) is 60.7 Å². The van der Waals surface area contributed by atoms with Gasteiger partial charge >= 0.3 is 71.6 Å². The molecular weight excluding hydrogens is 1890 g/mol. The summed E-state index contributed by atoms with van der Waals surface area (Å²) in [6.45, 7) is -2.10. The molecule has 31 heteroatoms. The van der Waals surface area contributed by atoms with Crippen LogP contribution in [0.5, 0.6) is 0 Å². The molecule has 0 spiro atoms. The molecule has 758 valence electrons. The number of hydrogen-bond donors (Lipinski definition) is 0. The van der Waals surface area contributed by atoms with Crippen molar-refractivity contribution in [2.45, 2.75) is 157 Å². The minimum atomic E-state index is -2.34. The fourth-order valence-corrected chi connectivity index (χ4v) is 16.6. The lowest BCUT2D eigenvalue weighted by Gasteiger charge is -2.49. The molecule has 3 aliphatic rings. The molecule has 147 heavy (non-hydrogen) atoms. The predicted molar refractivity (Wildman–Crippen MR) is 527 cm³/mol. The number of hydrogen-bond acceptors (Lipinski definition) is 31. The van der Waals surface area contributed by atoms with E-state index in [2.05, 4.69) is 4.90 Å². The number of rotatable bonds is 47. The summed E-state index contributed by atoms with van der Waals surface area (Å²) in [5.74, 6) is -11.3. The van der Waals surface area contributed by atoms with Gasteiger partial charge in [0.25, 0.3) is 0 Å². The van der Waals surface area contributed by atoms with Gasteiger partial charge in [-0.15, -0.1) is 0 Å². The zero-order valence-corrected chi connectivity index (χ0v) is 80.0. The van der Waals surface area contributed by atoms with Gasteiger partial charge in [0.15, 0.2) is 67.7 Å². The van der Waals surface area contributed by atoms with Gasteiger partial charge in [0.2, 0.25) is 0 Å². The number of carbonyl (C=O) groups is 12. The van der Waals surface area contributed by atoms with Crippen molar-refractivity contribution in [3.05, 3.63) is 431 Å². The highest BCUT2D eigenvalue weighted by Gasteiger charge is 2.60. The third-order valence-corrected chi connectivity index (χ3v) is 24.2. The molecule has 0 bridgehead atoms. The van der Waals surface area contributed by atoms with Gasteiger partial charge < -0.3 is 90.2 Å². The summed E-state index contributed by atoms with van der Waals surface area (Å²) in [4.78, 5) is 180. The largest absolute Gasteiger partial charge is 0.461 e. The molecule has 12 aromatic rings. The summed E-state index contributed by atoms with van der Waals surface area (Å²) in [7, 11) is 0. The minimum Gasteiger partial charge on any atom is -0.461 e. The number of carbonyl (C=O) groups excluding carboxylic acids is 12. The first-order valence-corrected chi connectivity index (χ1v) is 48.4. The quantitative estimate of drug-likeness (QED) is 0.0194. The maximum absolute atomic E-state index is 15.9. The molecule has 0 aliphatic carbocycles. The third-order valence-electron chi connectivity index (χ3n) is 24.2. The van der Waals surface area contributed by atoms with Crippen LogP contribution in [0.15, 0.2) is 364 Å². The van der Waals surface area contributed by atoms with Crippen molar-refractivity contribution in [1.29, 1.82) is 0 Å². The molecule has 3 aliphatic heterocycles. The topological polar surface area (TPSA) is 374 Å². The number of benzene rings is 12. The summed E-state index contributed by atoms with van der Waals surface area (Å²) in [5.41, 5.74) is 1.17. The summed E-state index contributed by atoms with van der Waals surface area (Å²) < 4.78 is 119. The van der Waals surface area contributed by atoms with Gasteiger partial charge in [-0.3, -0.25) is 9.59 Å². The SMILES string of the molecule is O=C(CCCCCN(CCCCCC(=O)OCc1ccccc1)CCO[C@H]1O[C@H](CO[C@H]2O[C@H](COC(=O)c3ccccc3)[C@@H](OC(=O)c3ccccc3)[C@H](OC(=O)c3ccccc3)[C@@H]2OC(=O)c2ccccc2)[C@@H](OC(=O)c2ccccc2)[C@H](O[C@H]2O[C@H](COC(=O)c3ccccc3)[C@@H](OC(=O)c3ccccc3)[C@H](OC(=O)c3ccccc3)[C@@H]2OC(=O)c2ccccc2)[C@@H]1OC(=O)c1ccccc1)OCc1ccccc1. The first kappa shape index (κ1) is 105. The van der Waals surface area contributed by atoms with E-state index in [-0.39, 0.29) is 107 Å². The molecule has 0 saturated carbocycles. The smallest absolute Gasteiger partial charge is 0.338 e. The van der Waals surface area contributed by atoms with Crippen molar-refractivity contribution < 1.29 is 143 Å². The Bertz CT molecular complexity index is 6170. The van der Waals surface area contributed by atoms with Crippen LogP contribution < -0.4 is 0 Å². The molecule has 0 N–H and O–H groups in total. The van der Waals surface area contributed by atoms with Crippen molar-refractivity contribution >= 4 is 71.6 Å². The van der Waals surface area contributed by atoms with Crippen LogP contribution in [-0.2, 0) is 108 Å². The van der Waals surface area contributed by atoms with E-state index in [4.69, 9.17) is 85.3 Å². The van der Waals surface area contributed by atoms with Crippen LogP contribution >= 0.6 is 0 Å². The molecule has 3 fully saturated rings. The molecular formula is C116H109NO30. The summed E-state index contributed by atoms with van der Waals surface area (Å²) in [5, 5.41) is 0. The van der Waals surface area contributed by atoms with Gasteiger partial charge in [0.1, 0.15) is 50.8 Å². The predicted octanol–water partition coefficient (Wildman–Crippen LogP) is 17.0. The van der Waals surface area contributed by atoms with Crippen molar-refractivity contribution in [3.8, 4) is 0 Å². The van der Waals surface area contributed by atoms with Crippen LogP contribution in [0.3, 0.4) is 0 Å². The Morgan fingerprint density at radius 3 is 0.741 bits per heavy atom. The highest BCUT2D eigenvalue weighted by molar-refractivity contribution is 5.95. The summed E-state index contributed by atoms with van der Waals surface area (Å²) in [6.07, 6.45) is -27.8. The van der Waals surface area contributed by atoms with E-state index in [1.165, 1.54) is 146 Å². The van der Waals surface area contributed by atoms with Gasteiger partial charge in [-0.1, -0.05) is 255 Å². The molecule has 0 aromatic heterocycles. The molecule has 15 rings (SSSR count). The lowest BCUT2D eigenvalue weighted by molar-refractivity contribution is -0.363. The van der Waals surface area contributed by atoms with Crippen LogP contribution in [0.4, 0.5) is 0 Å².